The molecule has 9 heteroatoms. The highest BCUT2D eigenvalue weighted by Crippen LogP contribution is 2.35. The van der Waals surface area contributed by atoms with Gasteiger partial charge in [-0.3, -0.25) is 19.2 Å². The number of Topliss-reactive ketones (excluding diaryl/α,β-unsaturated/α-hetero) is 2. The van der Waals surface area contributed by atoms with Gasteiger partial charge in [-0.1, -0.05) is 76.2 Å². The Balaban J connectivity index is 5.14. The molecule has 0 unspecified atom stereocenters. The molecule has 0 bridgehead atoms. The molecule has 0 aliphatic heterocycles. The lowest BCUT2D eigenvalue weighted by Gasteiger charge is -2.33. The minimum absolute atomic E-state index is 0.00146. The molecule has 262 valence electrons. The monoisotopic (exact) mass is 638 g/mol. The highest BCUT2D eigenvalue weighted by molar-refractivity contribution is 5.94. The van der Waals surface area contributed by atoms with E-state index in [4.69, 9.17) is 10.5 Å². The predicted octanol–water partition coefficient (Wildman–Crippen LogP) is 7.14. The molecule has 0 aromatic rings. The van der Waals surface area contributed by atoms with E-state index in [-0.39, 0.29) is 52.5 Å². The van der Waals surface area contributed by atoms with Crippen LogP contribution in [0.25, 0.3) is 0 Å². The summed E-state index contributed by atoms with van der Waals surface area (Å²) in [5.74, 6) is -1.39. The summed E-state index contributed by atoms with van der Waals surface area (Å²) in [6.45, 7) is 26.2. The second-order valence-electron chi connectivity index (χ2n) is 17.3. The van der Waals surface area contributed by atoms with Crippen LogP contribution in [0.4, 0.5) is 4.79 Å². The quantitative estimate of drug-likeness (QED) is 0.101. The summed E-state index contributed by atoms with van der Waals surface area (Å²) in [7, 11) is 0. The number of carbonyl (C=O) groups excluding carboxylic acids is 5. The SMILES string of the molecule is CC(C)[C@H](CC(=O)CCCCC(C)(C)OC(=O)C(CC(C)(C)C)CC(C)(C)C)C(=O)N[C@@H](CCCNC(N)=O)C(=O)C(C)(C)C. The van der Waals surface area contributed by atoms with Crippen molar-refractivity contribution in [2.75, 3.05) is 6.54 Å². The number of urea groups is 1. The van der Waals surface area contributed by atoms with Crippen LogP contribution in [0.15, 0.2) is 0 Å². The van der Waals surface area contributed by atoms with Gasteiger partial charge < -0.3 is 21.1 Å². The van der Waals surface area contributed by atoms with Crippen molar-refractivity contribution in [1.29, 1.82) is 0 Å². The number of ketones is 2. The third kappa shape index (κ3) is 19.6. The van der Waals surface area contributed by atoms with Gasteiger partial charge >= 0.3 is 12.0 Å². The first-order valence-electron chi connectivity index (χ1n) is 16.9. The maximum Gasteiger partial charge on any atom is 0.312 e. The van der Waals surface area contributed by atoms with E-state index in [9.17, 15) is 24.0 Å². The molecule has 2 atom stereocenters. The number of amides is 3. The smallest absolute Gasteiger partial charge is 0.312 e. The van der Waals surface area contributed by atoms with Crippen molar-refractivity contribution in [3.05, 3.63) is 0 Å². The number of ether oxygens (including phenoxy) is 1. The van der Waals surface area contributed by atoms with Crippen molar-refractivity contribution in [2.24, 2.45) is 39.7 Å². The molecule has 0 fully saturated rings. The van der Waals surface area contributed by atoms with E-state index in [0.29, 0.717) is 38.6 Å². The Kier molecular flexibility index (Phi) is 17.1. The molecule has 0 rings (SSSR count). The molecule has 0 aliphatic rings. The fourth-order valence-electron chi connectivity index (χ4n) is 5.56. The Bertz CT molecular complexity index is 966. The third-order valence-electron chi connectivity index (χ3n) is 7.84. The Morgan fingerprint density at radius 3 is 1.76 bits per heavy atom. The maximum atomic E-state index is 13.3. The molecule has 0 saturated heterocycles. The predicted molar refractivity (Wildman–Crippen MR) is 181 cm³/mol. The first-order valence-corrected chi connectivity index (χ1v) is 16.9. The van der Waals surface area contributed by atoms with Crippen LogP contribution in [0.1, 0.15) is 148 Å². The van der Waals surface area contributed by atoms with Crippen LogP contribution in [-0.2, 0) is 23.9 Å². The molecule has 0 heterocycles. The largest absolute Gasteiger partial charge is 0.459 e. The second-order valence-corrected chi connectivity index (χ2v) is 17.3. The van der Waals surface area contributed by atoms with Crippen molar-refractivity contribution in [3.8, 4) is 0 Å². The van der Waals surface area contributed by atoms with Crippen LogP contribution < -0.4 is 16.4 Å². The Hall–Kier alpha value is -2.45. The number of hydrogen-bond donors (Lipinski definition) is 3. The van der Waals surface area contributed by atoms with E-state index < -0.39 is 29.0 Å². The lowest BCUT2D eigenvalue weighted by atomic mass is 9.77. The number of rotatable bonds is 19. The summed E-state index contributed by atoms with van der Waals surface area (Å²) >= 11 is 0. The standard InChI is InChI=1S/C36H67N3O6/c1-24(2)27(30(42)39-28(29(41)35(9,10)11)18-16-20-38-32(37)44)21-26(40)17-14-15-19-36(12,13)45-31(43)25(22-33(3,4)5)23-34(6,7)8/h24-25,27-28H,14-23H2,1-13H3,(H,39,42)(H3,37,38,44)/t27-,28-/m0/s1. The van der Waals surface area contributed by atoms with Crippen molar-refractivity contribution >= 4 is 29.5 Å². The van der Waals surface area contributed by atoms with Crippen LogP contribution in [0, 0.1) is 34.0 Å². The average Bonchev–Trinajstić information content (AvgIpc) is 2.83. The molecule has 0 radical (unpaired) electrons. The van der Waals surface area contributed by atoms with Crippen LogP contribution in [-0.4, -0.2) is 47.7 Å². The number of carbonyl (C=O) groups is 5. The zero-order valence-corrected chi connectivity index (χ0v) is 30.9. The number of primary amides is 1. The first-order chi connectivity index (χ1) is 20.2. The summed E-state index contributed by atoms with van der Waals surface area (Å²) in [6, 6.07) is -1.36. The lowest BCUT2D eigenvalue weighted by molar-refractivity contribution is -0.164. The Morgan fingerprint density at radius 1 is 0.778 bits per heavy atom. The van der Waals surface area contributed by atoms with Crippen LogP contribution >= 0.6 is 0 Å². The molecule has 9 nitrogen and oxygen atoms in total. The van der Waals surface area contributed by atoms with Crippen LogP contribution in [0.2, 0.25) is 0 Å². The third-order valence-corrected chi connectivity index (χ3v) is 7.84. The van der Waals surface area contributed by atoms with Gasteiger partial charge in [0.25, 0.3) is 0 Å². The fourth-order valence-corrected chi connectivity index (χ4v) is 5.56. The number of unbranched alkanes of at least 4 members (excludes halogenated alkanes) is 1. The van der Waals surface area contributed by atoms with Crippen molar-refractivity contribution in [2.45, 2.75) is 159 Å². The number of esters is 1. The summed E-state index contributed by atoms with van der Waals surface area (Å²) in [6.07, 6.45) is 4.77. The molecule has 4 N–H and O–H groups in total. The van der Waals surface area contributed by atoms with Gasteiger partial charge in [0.2, 0.25) is 5.91 Å². The summed E-state index contributed by atoms with van der Waals surface area (Å²) in [4.78, 5) is 63.6. The zero-order valence-electron chi connectivity index (χ0n) is 30.9. The molecule has 0 aromatic carbocycles. The summed E-state index contributed by atoms with van der Waals surface area (Å²) in [5.41, 5.74) is 3.84. The van der Waals surface area contributed by atoms with Gasteiger partial charge in [-0.15, -0.1) is 0 Å². The van der Waals surface area contributed by atoms with E-state index in [0.717, 1.165) is 19.3 Å². The van der Waals surface area contributed by atoms with E-state index in [2.05, 4.69) is 52.2 Å². The fraction of sp³-hybridized carbons (Fsp3) is 0.861. The lowest BCUT2D eigenvalue weighted by Crippen LogP contribution is -2.48. The van der Waals surface area contributed by atoms with Gasteiger partial charge in [0.15, 0.2) is 5.78 Å². The van der Waals surface area contributed by atoms with Crippen molar-refractivity contribution in [1.82, 2.24) is 10.6 Å². The second kappa shape index (κ2) is 18.0. The minimum atomic E-state index is -0.722. The van der Waals surface area contributed by atoms with Crippen LogP contribution in [0.3, 0.4) is 0 Å². The first kappa shape index (κ1) is 42.6. The molecule has 45 heavy (non-hydrogen) atoms. The van der Waals surface area contributed by atoms with Gasteiger partial charge in [0.05, 0.1) is 12.0 Å². The Labute approximate surface area is 274 Å². The molecular weight excluding hydrogens is 570 g/mol. The summed E-state index contributed by atoms with van der Waals surface area (Å²) < 4.78 is 6.02. The maximum absolute atomic E-state index is 13.3. The molecule has 0 aromatic heterocycles. The van der Waals surface area contributed by atoms with Crippen molar-refractivity contribution in [3.63, 3.8) is 0 Å². The molecular formula is C36H67N3O6. The van der Waals surface area contributed by atoms with E-state index >= 15 is 0 Å². The number of nitrogens with two attached hydrogens (primary N) is 1. The highest BCUT2D eigenvalue weighted by Gasteiger charge is 2.35. The highest BCUT2D eigenvalue weighted by atomic mass is 16.6. The molecule has 3 amide bonds. The van der Waals surface area contributed by atoms with Gasteiger partial charge in [0, 0.05) is 30.7 Å². The van der Waals surface area contributed by atoms with E-state index in [1.807, 2.05) is 27.7 Å². The van der Waals surface area contributed by atoms with E-state index in [1.54, 1.807) is 20.8 Å². The Morgan fingerprint density at radius 2 is 1.31 bits per heavy atom. The summed E-state index contributed by atoms with van der Waals surface area (Å²) in [5, 5.41) is 5.42. The van der Waals surface area contributed by atoms with Crippen LogP contribution in [0.5, 0.6) is 0 Å². The van der Waals surface area contributed by atoms with E-state index in [1.165, 1.54) is 0 Å². The molecule has 0 aliphatic carbocycles. The minimum Gasteiger partial charge on any atom is -0.459 e. The zero-order chi connectivity index (χ0) is 35.4. The average molecular weight is 638 g/mol. The van der Waals surface area contributed by atoms with Gasteiger partial charge in [0.1, 0.15) is 11.4 Å². The number of hydrogen-bond acceptors (Lipinski definition) is 6. The topological polar surface area (TPSA) is 145 Å². The van der Waals surface area contributed by atoms with Gasteiger partial charge in [-0.05, 0) is 75.5 Å². The molecule has 0 spiro atoms. The van der Waals surface area contributed by atoms with Gasteiger partial charge in [-0.25, -0.2) is 4.79 Å². The normalized spacial score (nSPS) is 14.2. The number of nitrogens with one attached hydrogen (secondary N) is 2. The van der Waals surface area contributed by atoms with Crippen molar-refractivity contribution < 1.29 is 28.7 Å². The molecule has 0 saturated carbocycles. The van der Waals surface area contributed by atoms with Gasteiger partial charge in [-0.2, -0.15) is 0 Å².